The minimum absolute atomic E-state index is 0. The van der Waals surface area contributed by atoms with E-state index >= 15 is 0 Å². The van der Waals surface area contributed by atoms with Crippen molar-refractivity contribution in [1.29, 1.82) is 0 Å². The summed E-state index contributed by atoms with van der Waals surface area (Å²) in [6, 6.07) is 8.61. The van der Waals surface area contributed by atoms with Crippen LogP contribution in [0.1, 0.15) is 39.7 Å². The van der Waals surface area contributed by atoms with E-state index in [1.807, 2.05) is 7.05 Å². The van der Waals surface area contributed by atoms with Gasteiger partial charge >= 0.3 is 5.97 Å². The summed E-state index contributed by atoms with van der Waals surface area (Å²) in [6.07, 6.45) is 4.15. The van der Waals surface area contributed by atoms with Gasteiger partial charge in [0, 0.05) is 33.6 Å². The highest BCUT2D eigenvalue weighted by atomic mass is 35.5. The molecule has 2 N–H and O–H groups in total. The Balaban J connectivity index is 0.00000304. The molecule has 0 bridgehead atoms. The molecule has 36 heavy (non-hydrogen) atoms. The number of aromatic carboxylic acids is 1. The van der Waals surface area contributed by atoms with Gasteiger partial charge in [0.25, 0.3) is 0 Å². The number of hydrogen-bond donors (Lipinski definition) is 2. The van der Waals surface area contributed by atoms with Crippen LogP contribution in [-0.4, -0.2) is 29.8 Å². The second-order valence-electron chi connectivity index (χ2n) is 8.41. The molecule has 1 unspecified atom stereocenters. The molecular formula is C26H23ClF2N2O4S. The van der Waals surface area contributed by atoms with Gasteiger partial charge in [-0.1, -0.05) is 0 Å². The molecule has 10 heteroatoms. The van der Waals surface area contributed by atoms with Gasteiger partial charge in [0.2, 0.25) is 5.43 Å². The number of methoxy groups -OCH3 is 1. The first-order valence-corrected chi connectivity index (χ1v) is 11.9. The number of nitrogens with zero attached hydrogens (tertiary/aromatic N) is 1. The summed E-state index contributed by atoms with van der Waals surface area (Å²) in [5.74, 6) is -2.81. The Hall–Kier alpha value is -3.27. The van der Waals surface area contributed by atoms with Gasteiger partial charge in [-0.25, -0.2) is 13.6 Å². The molecule has 6 nitrogen and oxygen atoms in total. The molecule has 4 aromatic rings. The summed E-state index contributed by atoms with van der Waals surface area (Å²) < 4.78 is 35.5. The van der Waals surface area contributed by atoms with E-state index in [2.05, 4.69) is 11.4 Å². The fourth-order valence-corrected chi connectivity index (χ4v) is 6.09. The maximum absolute atomic E-state index is 14.9. The zero-order valence-electron chi connectivity index (χ0n) is 19.4. The molecule has 0 radical (unpaired) electrons. The van der Waals surface area contributed by atoms with Crippen LogP contribution in [0, 0.1) is 11.6 Å². The average Bonchev–Trinajstić information content (AvgIpc) is 3.28. The van der Waals surface area contributed by atoms with Crippen molar-refractivity contribution in [3.63, 3.8) is 0 Å². The number of hydrogen-bond acceptors (Lipinski definition) is 5. The van der Waals surface area contributed by atoms with Gasteiger partial charge in [0.05, 0.1) is 18.2 Å². The lowest BCUT2D eigenvalue weighted by Crippen LogP contribution is -2.19. The first-order valence-electron chi connectivity index (χ1n) is 11.1. The van der Waals surface area contributed by atoms with Gasteiger partial charge < -0.3 is 19.7 Å². The van der Waals surface area contributed by atoms with E-state index in [0.717, 1.165) is 36.4 Å². The Morgan fingerprint density at radius 1 is 1.22 bits per heavy atom. The minimum atomic E-state index is -1.44. The molecule has 5 rings (SSSR count). The van der Waals surface area contributed by atoms with Crippen molar-refractivity contribution in [2.45, 2.75) is 25.3 Å². The average molecular weight is 533 g/mol. The predicted molar refractivity (Wildman–Crippen MR) is 138 cm³/mol. The highest BCUT2D eigenvalue weighted by molar-refractivity contribution is 7.15. The summed E-state index contributed by atoms with van der Waals surface area (Å²) in [7, 11) is 3.38. The van der Waals surface area contributed by atoms with E-state index in [1.54, 1.807) is 17.4 Å². The maximum atomic E-state index is 14.9. The fraction of sp³-hybridized carbons (Fsp3) is 0.231. The lowest BCUT2D eigenvalue weighted by Gasteiger charge is -2.21. The molecule has 2 heterocycles. The van der Waals surface area contributed by atoms with Crippen LogP contribution in [0.4, 0.5) is 8.78 Å². The third-order valence-electron chi connectivity index (χ3n) is 6.45. The molecule has 0 saturated carbocycles. The molecular weight excluding hydrogens is 510 g/mol. The number of pyridine rings is 1. The van der Waals surface area contributed by atoms with E-state index in [4.69, 9.17) is 4.74 Å². The molecule has 0 aliphatic heterocycles. The third-order valence-corrected chi connectivity index (χ3v) is 7.70. The van der Waals surface area contributed by atoms with Crippen molar-refractivity contribution in [3.05, 3.63) is 80.5 Å². The summed E-state index contributed by atoms with van der Waals surface area (Å²) >= 11 is 1.64. The maximum Gasteiger partial charge on any atom is 0.341 e. The molecule has 1 aliphatic carbocycles. The van der Waals surface area contributed by atoms with Crippen LogP contribution in [-0.2, 0) is 6.42 Å². The second-order valence-corrected chi connectivity index (χ2v) is 9.54. The first kappa shape index (κ1) is 25.8. The number of aromatic nitrogens is 1. The van der Waals surface area contributed by atoms with E-state index in [-0.39, 0.29) is 35.0 Å². The van der Waals surface area contributed by atoms with Crippen molar-refractivity contribution in [3.8, 4) is 21.9 Å². The van der Waals surface area contributed by atoms with Crippen LogP contribution in [0.15, 0.2) is 47.4 Å². The standard InChI is InChI=1S/C26H22F2N2O4S.ClH/c1-29-19-4-3-5-21-16(19)11-22(35-21)14-7-8-15-23(25(14)34-2)30(12-17(24(15)31)26(32)33)20-9-6-13(27)10-18(20)28;/h6-12,19,29H,3-5H2,1-2H3,(H,32,33);1H. The van der Waals surface area contributed by atoms with Crippen molar-refractivity contribution < 1.29 is 23.4 Å². The quantitative estimate of drug-likeness (QED) is 0.343. The van der Waals surface area contributed by atoms with Crippen LogP contribution in [0.2, 0.25) is 0 Å². The SMILES string of the molecule is CNC1CCCc2sc(-c3ccc4c(=O)c(C(=O)O)cn(-c5ccc(F)cc5F)c4c3OC)cc21.Cl. The number of carbonyl (C=O) groups is 1. The Morgan fingerprint density at radius 3 is 2.67 bits per heavy atom. The van der Waals surface area contributed by atoms with Crippen LogP contribution < -0.4 is 15.5 Å². The zero-order valence-corrected chi connectivity index (χ0v) is 21.1. The van der Waals surface area contributed by atoms with Crippen molar-refractivity contribution in [2.75, 3.05) is 14.2 Å². The summed E-state index contributed by atoms with van der Waals surface area (Å²) in [5.41, 5.74) is 0.797. The Bertz CT molecular complexity index is 1550. The Morgan fingerprint density at radius 2 is 2.00 bits per heavy atom. The summed E-state index contributed by atoms with van der Waals surface area (Å²) in [6.45, 7) is 0. The topological polar surface area (TPSA) is 80.6 Å². The number of thiophene rings is 1. The van der Waals surface area contributed by atoms with Crippen molar-refractivity contribution >= 4 is 40.6 Å². The lowest BCUT2D eigenvalue weighted by atomic mass is 9.93. The largest absolute Gasteiger partial charge is 0.494 e. The number of fused-ring (bicyclic) bond motifs is 2. The van der Waals surface area contributed by atoms with Gasteiger partial charge in [0.15, 0.2) is 5.75 Å². The highest BCUT2D eigenvalue weighted by Gasteiger charge is 2.26. The van der Waals surface area contributed by atoms with Crippen LogP contribution in [0.25, 0.3) is 27.0 Å². The smallest absolute Gasteiger partial charge is 0.341 e. The number of benzene rings is 2. The molecule has 0 fully saturated rings. The molecule has 2 aromatic carbocycles. The van der Waals surface area contributed by atoms with E-state index in [1.165, 1.54) is 34.3 Å². The van der Waals surface area contributed by atoms with Gasteiger partial charge in [0.1, 0.15) is 22.7 Å². The number of nitrogens with one attached hydrogen (secondary N) is 1. The number of aryl methyl sites for hydroxylation is 1. The highest BCUT2D eigenvalue weighted by Crippen LogP contribution is 2.44. The van der Waals surface area contributed by atoms with Crippen LogP contribution >= 0.6 is 23.7 Å². The van der Waals surface area contributed by atoms with Gasteiger partial charge in [-0.05, 0) is 62.2 Å². The molecule has 1 aliphatic rings. The van der Waals surface area contributed by atoms with E-state index < -0.39 is 28.6 Å². The normalized spacial score (nSPS) is 14.8. The lowest BCUT2D eigenvalue weighted by molar-refractivity contribution is 0.0695. The summed E-state index contributed by atoms with van der Waals surface area (Å²) in [4.78, 5) is 27.0. The number of carboxylic acid groups (broad SMARTS) is 1. The molecule has 0 amide bonds. The minimum Gasteiger partial charge on any atom is -0.494 e. The number of carboxylic acids is 1. The van der Waals surface area contributed by atoms with Crippen LogP contribution in [0.5, 0.6) is 5.75 Å². The molecule has 2 aromatic heterocycles. The van der Waals surface area contributed by atoms with Gasteiger partial charge in [-0.3, -0.25) is 4.79 Å². The van der Waals surface area contributed by atoms with E-state index in [0.29, 0.717) is 17.4 Å². The van der Waals surface area contributed by atoms with Gasteiger partial charge in [-0.2, -0.15) is 0 Å². The number of rotatable bonds is 5. The summed E-state index contributed by atoms with van der Waals surface area (Å²) in [5, 5.41) is 13.0. The molecule has 1 atom stereocenters. The molecule has 0 spiro atoms. The van der Waals surface area contributed by atoms with Gasteiger partial charge in [-0.15, -0.1) is 23.7 Å². The van der Waals surface area contributed by atoms with Crippen LogP contribution in [0.3, 0.4) is 0 Å². The van der Waals surface area contributed by atoms with Crippen molar-refractivity contribution in [2.24, 2.45) is 0 Å². The Kier molecular flexibility index (Phi) is 7.17. The monoisotopic (exact) mass is 532 g/mol. The predicted octanol–water partition coefficient (Wildman–Crippen LogP) is 5.72. The fourth-order valence-electron chi connectivity index (χ4n) is 4.80. The van der Waals surface area contributed by atoms with Crippen molar-refractivity contribution in [1.82, 2.24) is 9.88 Å². The zero-order chi connectivity index (χ0) is 24.9. The Labute approximate surface area is 215 Å². The number of halogens is 3. The number of ether oxygens (including phenoxy) is 1. The first-order chi connectivity index (χ1) is 16.8. The molecule has 0 saturated heterocycles. The van der Waals surface area contributed by atoms with E-state index in [9.17, 15) is 23.5 Å². The molecule has 188 valence electrons. The third kappa shape index (κ3) is 4.17. The second kappa shape index (κ2) is 10.0.